The van der Waals surface area contributed by atoms with Gasteiger partial charge in [-0.15, -0.1) is 0 Å². The van der Waals surface area contributed by atoms with Gasteiger partial charge in [-0.25, -0.2) is 0 Å². The van der Waals surface area contributed by atoms with Crippen LogP contribution in [0.3, 0.4) is 0 Å². The smallest absolute Gasteiger partial charge is 0.0357 e. The van der Waals surface area contributed by atoms with Crippen LogP contribution in [0.2, 0.25) is 0 Å². The Kier molecular flexibility index (Phi) is 28.7. The first kappa shape index (κ1) is 40.1. The molecule has 0 saturated carbocycles. The Morgan fingerprint density at radius 3 is 1.00 bits per heavy atom. The Labute approximate surface area is 245 Å². The average molecular weight is 537 g/mol. The molecule has 0 bridgehead atoms. The molecule has 0 nitrogen and oxygen atoms in total. The fraction of sp³-hybridized carbons (Fsp3) is 1.00. The zero-order valence-corrected chi connectivity index (χ0v) is 29.2. The van der Waals surface area contributed by atoms with Crippen molar-refractivity contribution in [2.75, 3.05) is 0 Å². The molecule has 0 saturated heterocycles. The zero-order valence-electron chi connectivity index (χ0n) is 29.2. The number of unbranched alkanes of at least 4 members (excludes halogenated alkanes) is 10. The molecule has 0 aromatic heterocycles. The third-order valence-electron chi connectivity index (χ3n) is 9.07. The van der Waals surface area contributed by atoms with Crippen molar-refractivity contribution in [1.29, 1.82) is 0 Å². The van der Waals surface area contributed by atoms with Gasteiger partial charge in [0.25, 0.3) is 0 Å². The van der Waals surface area contributed by atoms with Crippen molar-refractivity contribution < 1.29 is 0 Å². The van der Waals surface area contributed by atoms with Crippen LogP contribution in [0.4, 0.5) is 0 Å². The van der Waals surface area contributed by atoms with Crippen molar-refractivity contribution in [2.45, 2.75) is 211 Å². The highest BCUT2D eigenvalue weighted by atomic mass is 14.2. The third-order valence-corrected chi connectivity index (χ3v) is 9.07. The average Bonchev–Trinajstić information content (AvgIpc) is 2.81. The molecule has 0 amide bonds. The maximum Gasteiger partial charge on any atom is -0.0357 e. The molecule has 0 aliphatic heterocycles. The Balaban J connectivity index is 0. The highest BCUT2D eigenvalue weighted by Crippen LogP contribution is 2.29. The summed E-state index contributed by atoms with van der Waals surface area (Å²) < 4.78 is 0. The van der Waals surface area contributed by atoms with Crippen molar-refractivity contribution in [3.63, 3.8) is 0 Å². The van der Waals surface area contributed by atoms with Gasteiger partial charge in [-0.2, -0.15) is 0 Å². The maximum atomic E-state index is 2.45. The van der Waals surface area contributed by atoms with Crippen LogP contribution in [0.5, 0.6) is 0 Å². The second kappa shape index (κ2) is 27.2. The molecule has 0 aromatic carbocycles. The lowest BCUT2D eigenvalue weighted by Gasteiger charge is -2.27. The number of hydrogen-bond acceptors (Lipinski definition) is 0. The van der Waals surface area contributed by atoms with E-state index in [1.165, 1.54) is 135 Å². The summed E-state index contributed by atoms with van der Waals surface area (Å²) in [7, 11) is 0. The summed E-state index contributed by atoms with van der Waals surface area (Å²) in [5.41, 5.74) is 0.499. The third kappa shape index (κ3) is 32.2. The molecule has 0 N–H and O–H groups in total. The van der Waals surface area contributed by atoms with Crippen LogP contribution in [0.25, 0.3) is 0 Å². The van der Waals surface area contributed by atoms with Gasteiger partial charge in [-0.1, -0.05) is 211 Å². The number of hydrogen-bond donors (Lipinski definition) is 0. The molecule has 0 rings (SSSR count). The summed E-state index contributed by atoms with van der Waals surface area (Å²) in [6.45, 7) is 26.1. The van der Waals surface area contributed by atoms with Crippen molar-refractivity contribution in [3.05, 3.63) is 0 Å². The monoisotopic (exact) mass is 537 g/mol. The molecular weight excluding hydrogens is 456 g/mol. The van der Waals surface area contributed by atoms with E-state index in [0.29, 0.717) is 5.41 Å². The first-order valence-corrected chi connectivity index (χ1v) is 17.9. The molecule has 0 fully saturated rings. The van der Waals surface area contributed by atoms with Crippen LogP contribution < -0.4 is 0 Å². The SMILES string of the molecule is CC(C)CCCC(C)CCCC(C)CCCC(C)C.CCCCCCCCCCCCCC(C)C(C)(C)C. The predicted octanol–water partition coefficient (Wildman–Crippen LogP) is 14.5. The lowest BCUT2D eigenvalue weighted by Crippen LogP contribution is -2.16. The Morgan fingerprint density at radius 1 is 0.368 bits per heavy atom. The lowest BCUT2D eigenvalue weighted by atomic mass is 9.79. The highest BCUT2D eigenvalue weighted by molar-refractivity contribution is 4.69. The van der Waals surface area contributed by atoms with E-state index in [1.54, 1.807) is 0 Å². The van der Waals surface area contributed by atoms with Crippen molar-refractivity contribution in [1.82, 2.24) is 0 Å². The van der Waals surface area contributed by atoms with Gasteiger partial charge in [-0.05, 0) is 35.0 Å². The molecule has 0 heteroatoms. The van der Waals surface area contributed by atoms with Gasteiger partial charge >= 0.3 is 0 Å². The summed E-state index contributed by atoms with van der Waals surface area (Å²) in [5.74, 6) is 4.52. The van der Waals surface area contributed by atoms with E-state index in [4.69, 9.17) is 0 Å². The summed E-state index contributed by atoms with van der Waals surface area (Å²) in [4.78, 5) is 0. The largest absolute Gasteiger partial charge is 0.0654 e. The molecule has 0 aliphatic carbocycles. The van der Waals surface area contributed by atoms with Crippen LogP contribution in [0.15, 0.2) is 0 Å². The first-order valence-electron chi connectivity index (χ1n) is 17.9. The summed E-state index contributed by atoms with van der Waals surface area (Å²) in [6.07, 6.45) is 30.3. The topological polar surface area (TPSA) is 0 Å². The highest BCUT2D eigenvalue weighted by Gasteiger charge is 2.18. The molecule has 0 aliphatic rings. The van der Waals surface area contributed by atoms with Crippen LogP contribution in [0.1, 0.15) is 211 Å². The van der Waals surface area contributed by atoms with E-state index in [0.717, 1.165) is 29.6 Å². The van der Waals surface area contributed by atoms with E-state index >= 15 is 0 Å². The minimum atomic E-state index is 0.499. The van der Waals surface area contributed by atoms with Crippen LogP contribution in [-0.2, 0) is 0 Å². The van der Waals surface area contributed by atoms with Crippen molar-refractivity contribution in [3.8, 4) is 0 Å². The van der Waals surface area contributed by atoms with Gasteiger partial charge in [0.15, 0.2) is 0 Å². The summed E-state index contributed by atoms with van der Waals surface area (Å²) >= 11 is 0. The zero-order chi connectivity index (χ0) is 29.2. The molecule has 38 heavy (non-hydrogen) atoms. The fourth-order valence-electron chi connectivity index (χ4n) is 5.40. The van der Waals surface area contributed by atoms with Gasteiger partial charge < -0.3 is 0 Å². The van der Waals surface area contributed by atoms with E-state index in [2.05, 4.69) is 76.2 Å². The van der Waals surface area contributed by atoms with Gasteiger partial charge in [0.2, 0.25) is 0 Å². The van der Waals surface area contributed by atoms with Crippen LogP contribution in [0, 0.1) is 35.0 Å². The quantitative estimate of drug-likeness (QED) is 0.108. The Bertz CT molecular complexity index is 419. The molecular formula is C38H80. The van der Waals surface area contributed by atoms with Gasteiger partial charge in [0.05, 0.1) is 0 Å². The second-order valence-electron chi connectivity index (χ2n) is 15.4. The predicted molar refractivity (Wildman–Crippen MR) is 179 cm³/mol. The van der Waals surface area contributed by atoms with E-state index in [1.807, 2.05) is 0 Å². The Hall–Kier alpha value is 0. The summed E-state index contributed by atoms with van der Waals surface area (Å²) in [5, 5.41) is 0. The first-order chi connectivity index (χ1) is 17.9. The maximum absolute atomic E-state index is 2.45. The Morgan fingerprint density at radius 2 is 0.684 bits per heavy atom. The van der Waals surface area contributed by atoms with Gasteiger partial charge in [0.1, 0.15) is 0 Å². The lowest BCUT2D eigenvalue weighted by molar-refractivity contribution is 0.240. The molecule has 0 spiro atoms. The van der Waals surface area contributed by atoms with E-state index in [9.17, 15) is 0 Å². The minimum Gasteiger partial charge on any atom is -0.0654 e. The summed E-state index contributed by atoms with van der Waals surface area (Å²) in [6, 6.07) is 0. The van der Waals surface area contributed by atoms with Gasteiger partial charge in [0, 0.05) is 0 Å². The number of rotatable bonds is 24. The van der Waals surface area contributed by atoms with E-state index < -0.39 is 0 Å². The van der Waals surface area contributed by atoms with Crippen LogP contribution >= 0.6 is 0 Å². The van der Waals surface area contributed by atoms with Gasteiger partial charge in [-0.3, -0.25) is 0 Å². The standard InChI is InChI=1S/2C19H40/c1-16(2)10-7-12-18(5)14-9-15-19(6)13-8-11-17(3)4;1-6-7-8-9-10-11-12-13-14-15-16-17-18(2)19(3,4)5/h16-19H,7-15H2,1-6H3;18H,6-17H2,1-5H3. The molecule has 0 radical (unpaired) electrons. The van der Waals surface area contributed by atoms with Crippen molar-refractivity contribution >= 4 is 0 Å². The minimum absolute atomic E-state index is 0.499. The molecule has 3 unspecified atom stereocenters. The van der Waals surface area contributed by atoms with E-state index in [-0.39, 0.29) is 0 Å². The molecule has 0 heterocycles. The molecule has 0 aromatic rings. The molecule has 3 atom stereocenters. The normalized spacial score (nSPS) is 14.4. The molecule has 232 valence electrons. The van der Waals surface area contributed by atoms with Crippen LogP contribution in [-0.4, -0.2) is 0 Å². The second-order valence-corrected chi connectivity index (χ2v) is 15.4. The fourth-order valence-corrected chi connectivity index (χ4v) is 5.40. The van der Waals surface area contributed by atoms with Crippen molar-refractivity contribution in [2.24, 2.45) is 35.0 Å².